The first-order valence-corrected chi connectivity index (χ1v) is 6.09. The van der Waals surface area contributed by atoms with Crippen LogP contribution in [0.15, 0.2) is 24.3 Å². The Balaban J connectivity index is 2.53. The number of benzene rings is 1. The van der Waals surface area contributed by atoms with Gasteiger partial charge in [-0.2, -0.15) is 0 Å². The molecule has 0 aliphatic rings. The minimum Gasteiger partial charge on any atom is -0.345 e. The maximum atomic E-state index is 11.7. The third kappa shape index (κ3) is 3.86. The first-order chi connectivity index (χ1) is 8.06. The maximum Gasteiger partial charge on any atom is 0.236 e. The molecule has 1 aromatic rings. The molecule has 3 heteroatoms. The Morgan fingerprint density at radius 2 is 2.06 bits per heavy atom. The Morgan fingerprint density at radius 3 is 2.65 bits per heavy atom. The quantitative estimate of drug-likeness (QED) is 0.846. The second kappa shape index (κ2) is 6.40. The van der Waals surface area contributed by atoms with Crippen LogP contribution in [-0.2, 0) is 4.79 Å². The van der Waals surface area contributed by atoms with E-state index in [9.17, 15) is 4.79 Å². The summed E-state index contributed by atoms with van der Waals surface area (Å²) in [4.78, 5) is 13.4. The van der Waals surface area contributed by atoms with Crippen molar-refractivity contribution in [2.24, 2.45) is 0 Å². The van der Waals surface area contributed by atoms with Gasteiger partial charge in [-0.25, -0.2) is 0 Å². The molecule has 0 bridgehead atoms. The van der Waals surface area contributed by atoms with Crippen LogP contribution in [0.25, 0.3) is 0 Å². The molecule has 0 aliphatic heterocycles. The molecule has 0 fully saturated rings. The second-order valence-corrected chi connectivity index (χ2v) is 4.37. The summed E-state index contributed by atoms with van der Waals surface area (Å²) in [6.07, 6.45) is 0. The zero-order valence-corrected chi connectivity index (χ0v) is 11.2. The zero-order chi connectivity index (χ0) is 12.8. The van der Waals surface area contributed by atoms with Crippen LogP contribution in [0.5, 0.6) is 0 Å². The van der Waals surface area contributed by atoms with Gasteiger partial charge in [0.15, 0.2) is 0 Å². The van der Waals surface area contributed by atoms with E-state index in [0.29, 0.717) is 6.54 Å². The molecule has 1 amide bonds. The highest BCUT2D eigenvalue weighted by Crippen LogP contribution is 2.16. The Hall–Kier alpha value is -1.35. The van der Waals surface area contributed by atoms with Gasteiger partial charge in [-0.1, -0.05) is 24.3 Å². The van der Waals surface area contributed by atoms with Gasteiger partial charge in [-0.05, 0) is 31.9 Å². The van der Waals surface area contributed by atoms with Crippen molar-refractivity contribution < 1.29 is 4.79 Å². The van der Waals surface area contributed by atoms with E-state index in [1.54, 1.807) is 4.90 Å². The fraction of sp³-hybridized carbons (Fsp3) is 0.500. The highest BCUT2D eigenvalue weighted by Gasteiger charge is 2.11. The normalized spacial score (nSPS) is 12.2. The van der Waals surface area contributed by atoms with Crippen LogP contribution in [0.2, 0.25) is 0 Å². The molecular formula is C14H22N2O. The summed E-state index contributed by atoms with van der Waals surface area (Å²) in [6.45, 7) is 7.29. The molecule has 0 aliphatic carbocycles. The van der Waals surface area contributed by atoms with Gasteiger partial charge < -0.3 is 10.2 Å². The van der Waals surface area contributed by atoms with Gasteiger partial charge in [0, 0.05) is 19.6 Å². The van der Waals surface area contributed by atoms with E-state index in [0.717, 1.165) is 6.54 Å². The van der Waals surface area contributed by atoms with Gasteiger partial charge in [-0.3, -0.25) is 4.79 Å². The lowest BCUT2D eigenvalue weighted by Crippen LogP contribution is -2.36. The highest BCUT2D eigenvalue weighted by molar-refractivity contribution is 5.77. The SMILES string of the molecule is CCN(C)C(=O)CNC(C)c1ccccc1C. The maximum absolute atomic E-state index is 11.7. The Labute approximate surface area is 104 Å². The number of aryl methyl sites for hydroxylation is 1. The van der Waals surface area contributed by atoms with Crippen LogP contribution in [0, 0.1) is 6.92 Å². The summed E-state index contributed by atoms with van der Waals surface area (Å²) < 4.78 is 0. The largest absolute Gasteiger partial charge is 0.345 e. The second-order valence-electron chi connectivity index (χ2n) is 4.37. The predicted octanol–water partition coefficient (Wildman–Crippen LogP) is 2.12. The number of nitrogens with one attached hydrogen (secondary N) is 1. The summed E-state index contributed by atoms with van der Waals surface area (Å²) in [7, 11) is 1.82. The van der Waals surface area contributed by atoms with E-state index in [4.69, 9.17) is 0 Å². The van der Waals surface area contributed by atoms with Gasteiger partial charge in [0.1, 0.15) is 0 Å². The average molecular weight is 234 g/mol. The van der Waals surface area contributed by atoms with Gasteiger partial charge in [0.2, 0.25) is 5.91 Å². The van der Waals surface area contributed by atoms with Crippen molar-refractivity contribution in [2.75, 3.05) is 20.1 Å². The first-order valence-electron chi connectivity index (χ1n) is 6.09. The lowest BCUT2D eigenvalue weighted by molar-refractivity contribution is -0.128. The van der Waals surface area contributed by atoms with Gasteiger partial charge >= 0.3 is 0 Å². The van der Waals surface area contributed by atoms with Crippen molar-refractivity contribution >= 4 is 5.91 Å². The minimum atomic E-state index is 0.132. The minimum absolute atomic E-state index is 0.132. The number of amides is 1. The van der Waals surface area contributed by atoms with E-state index in [1.807, 2.05) is 26.1 Å². The average Bonchev–Trinajstić information content (AvgIpc) is 2.35. The fourth-order valence-electron chi connectivity index (χ4n) is 1.73. The van der Waals surface area contributed by atoms with Gasteiger partial charge in [0.05, 0.1) is 6.54 Å². The molecule has 1 atom stereocenters. The molecule has 0 aromatic heterocycles. The van der Waals surface area contributed by atoms with Crippen molar-refractivity contribution in [1.82, 2.24) is 10.2 Å². The molecule has 3 nitrogen and oxygen atoms in total. The van der Waals surface area contributed by atoms with Crippen LogP contribution >= 0.6 is 0 Å². The number of nitrogens with zero attached hydrogens (tertiary/aromatic N) is 1. The third-order valence-electron chi connectivity index (χ3n) is 3.11. The summed E-state index contributed by atoms with van der Waals surface area (Å²) in [5.41, 5.74) is 2.50. The molecule has 0 saturated carbocycles. The summed E-state index contributed by atoms with van der Waals surface area (Å²) >= 11 is 0. The van der Waals surface area contributed by atoms with E-state index in [-0.39, 0.29) is 11.9 Å². The van der Waals surface area contributed by atoms with Crippen LogP contribution in [-0.4, -0.2) is 30.9 Å². The number of likely N-dealkylation sites (N-methyl/N-ethyl adjacent to an activating group) is 1. The highest BCUT2D eigenvalue weighted by atomic mass is 16.2. The fourth-order valence-corrected chi connectivity index (χ4v) is 1.73. The number of rotatable bonds is 5. The van der Waals surface area contributed by atoms with Crippen molar-refractivity contribution in [3.63, 3.8) is 0 Å². The van der Waals surface area contributed by atoms with Crippen LogP contribution in [0.3, 0.4) is 0 Å². The van der Waals surface area contributed by atoms with Crippen molar-refractivity contribution in [3.8, 4) is 0 Å². The summed E-state index contributed by atoms with van der Waals surface area (Å²) in [6, 6.07) is 8.45. The number of carbonyl (C=O) groups is 1. The van der Waals surface area contributed by atoms with E-state index in [1.165, 1.54) is 11.1 Å². The molecule has 0 heterocycles. The molecular weight excluding hydrogens is 212 g/mol. The van der Waals surface area contributed by atoms with Crippen molar-refractivity contribution in [3.05, 3.63) is 35.4 Å². The molecule has 0 saturated heterocycles. The summed E-state index contributed by atoms with van der Waals surface area (Å²) in [5, 5.41) is 3.26. The van der Waals surface area contributed by atoms with Crippen LogP contribution in [0.4, 0.5) is 0 Å². The smallest absolute Gasteiger partial charge is 0.236 e. The molecule has 0 radical (unpaired) electrons. The van der Waals surface area contributed by atoms with E-state index in [2.05, 4.69) is 31.3 Å². The molecule has 94 valence electrons. The Morgan fingerprint density at radius 1 is 1.41 bits per heavy atom. The molecule has 1 N–H and O–H groups in total. The molecule has 1 aromatic carbocycles. The first kappa shape index (κ1) is 13.7. The molecule has 1 rings (SSSR count). The van der Waals surface area contributed by atoms with Crippen molar-refractivity contribution in [1.29, 1.82) is 0 Å². The number of hydrogen-bond donors (Lipinski definition) is 1. The van der Waals surface area contributed by atoms with Crippen LogP contribution < -0.4 is 5.32 Å². The summed E-state index contributed by atoms with van der Waals surface area (Å²) in [5.74, 6) is 0.132. The van der Waals surface area contributed by atoms with E-state index >= 15 is 0 Å². The lowest BCUT2D eigenvalue weighted by atomic mass is 10.0. The molecule has 17 heavy (non-hydrogen) atoms. The molecule has 1 unspecified atom stereocenters. The third-order valence-corrected chi connectivity index (χ3v) is 3.11. The topological polar surface area (TPSA) is 32.3 Å². The molecule has 0 spiro atoms. The Kier molecular flexibility index (Phi) is 5.16. The van der Waals surface area contributed by atoms with Crippen LogP contribution in [0.1, 0.15) is 31.0 Å². The van der Waals surface area contributed by atoms with Gasteiger partial charge in [-0.15, -0.1) is 0 Å². The van der Waals surface area contributed by atoms with Gasteiger partial charge in [0.25, 0.3) is 0 Å². The number of hydrogen-bond acceptors (Lipinski definition) is 2. The standard InChI is InChI=1S/C14H22N2O/c1-5-16(4)14(17)10-15-12(3)13-9-7-6-8-11(13)2/h6-9,12,15H,5,10H2,1-4H3. The number of carbonyl (C=O) groups excluding carboxylic acids is 1. The lowest BCUT2D eigenvalue weighted by Gasteiger charge is -2.19. The van der Waals surface area contributed by atoms with E-state index < -0.39 is 0 Å². The zero-order valence-electron chi connectivity index (χ0n) is 11.2. The van der Waals surface area contributed by atoms with Crippen molar-refractivity contribution in [2.45, 2.75) is 26.8 Å². The Bertz CT molecular complexity index is 376. The monoisotopic (exact) mass is 234 g/mol. The predicted molar refractivity (Wildman–Crippen MR) is 70.9 cm³/mol.